The molecule has 4 aromatic rings. The van der Waals surface area contributed by atoms with Crippen molar-refractivity contribution in [3.63, 3.8) is 0 Å². The summed E-state index contributed by atoms with van der Waals surface area (Å²) in [6, 6.07) is 14.1. The van der Waals surface area contributed by atoms with Crippen LogP contribution in [0.2, 0.25) is 0 Å². The van der Waals surface area contributed by atoms with Gasteiger partial charge in [0.15, 0.2) is 16.6 Å². The van der Waals surface area contributed by atoms with Gasteiger partial charge in [-0.2, -0.15) is 0 Å². The van der Waals surface area contributed by atoms with Crippen LogP contribution in [-0.4, -0.2) is 23.7 Å². The average Bonchev–Trinajstić information content (AvgIpc) is 3.41. The quantitative estimate of drug-likeness (QED) is 0.345. The van der Waals surface area contributed by atoms with Crippen molar-refractivity contribution >= 4 is 50.0 Å². The number of nitrogens with one attached hydrogen (secondary N) is 3. The lowest BCUT2D eigenvalue weighted by molar-refractivity contribution is 0.102. The molecule has 8 nitrogen and oxygen atoms in total. The number of aryl methyl sites for hydroxylation is 3. The highest BCUT2D eigenvalue weighted by atomic mass is 32.1. The number of aromatic nitrogens is 1. The number of urea groups is 1. The van der Waals surface area contributed by atoms with E-state index in [1.807, 2.05) is 32.9 Å². The molecule has 1 aliphatic rings. The Morgan fingerprint density at radius 2 is 1.65 bits per heavy atom. The molecule has 0 saturated carbocycles. The number of fused-ring (bicyclic) bond motifs is 2. The zero-order valence-electron chi connectivity index (χ0n) is 18.8. The number of carbonyl (C=O) groups is 2. The van der Waals surface area contributed by atoms with Gasteiger partial charge in [-0.25, -0.2) is 9.78 Å². The highest BCUT2D eigenvalue weighted by Crippen LogP contribution is 2.34. The minimum atomic E-state index is -0.429. The second-order valence-corrected chi connectivity index (χ2v) is 9.11. The normalized spacial score (nSPS) is 12.0. The number of amides is 3. The molecule has 0 saturated heterocycles. The van der Waals surface area contributed by atoms with Crippen LogP contribution in [0.25, 0.3) is 10.2 Å². The fourth-order valence-corrected chi connectivity index (χ4v) is 4.82. The average molecular weight is 475 g/mol. The summed E-state index contributed by atoms with van der Waals surface area (Å²) in [5.41, 5.74) is 5.80. The zero-order valence-corrected chi connectivity index (χ0v) is 19.6. The fraction of sp³-hybridized carbons (Fsp3) is 0.160. The molecule has 2 heterocycles. The summed E-state index contributed by atoms with van der Waals surface area (Å²) >= 11 is 1.29. The van der Waals surface area contributed by atoms with Crippen molar-refractivity contribution in [3.8, 4) is 11.5 Å². The van der Waals surface area contributed by atoms with Crippen LogP contribution < -0.4 is 25.4 Å². The van der Waals surface area contributed by atoms with E-state index in [4.69, 9.17) is 9.47 Å². The molecular formula is C25H22N4O4S. The van der Waals surface area contributed by atoms with Crippen molar-refractivity contribution in [2.45, 2.75) is 20.8 Å². The van der Waals surface area contributed by atoms with Gasteiger partial charge in [0.05, 0.1) is 10.2 Å². The van der Waals surface area contributed by atoms with Gasteiger partial charge in [-0.05, 0) is 62.2 Å². The minimum absolute atomic E-state index is 0.168. The zero-order chi connectivity index (χ0) is 23.8. The molecular weight excluding hydrogens is 452 g/mol. The Morgan fingerprint density at radius 1 is 0.882 bits per heavy atom. The summed E-state index contributed by atoms with van der Waals surface area (Å²) in [7, 11) is 0. The first-order valence-corrected chi connectivity index (χ1v) is 11.4. The minimum Gasteiger partial charge on any atom is -0.454 e. The molecule has 1 aromatic heterocycles. The van der Waals surface area contributed by atoms with Crippen LogP contribution >= 0.6 is 11.3 Å². The summed E-state index contributed by atoms with van der Waals surface area (Å²) in [4.78, 5) is 29.8. The summed E-state index contributed by atoms with van der Waals surface area (Å²) in [5, 5.41) is 8.94. The molecule has 1 aliphatic heterocycles. The third-order valence-corrected chi connectivity index (χ3v) is 6.35. The maximum atomic E-state index is 12.9. The van der Waals surface area contributed by atoms with Crippen LogP contribution in [0.3, 0.4) is 0 Å². The lowest BCUT2D eigenvalue weighted by atomic mass is 10.0. The maximum absolute atomic E-state index is 12.9. The third kappa shape index (κ3) is 4.38. The Kier molecular flexibility index (Phi) is 5.54. The predicted molar refractivity (Wildman–Crippen MR) is 133 cm³/mol. The van der Waals surface area contributed by atoms with Crippen molar-refractivity contribution in [2.75, 3.05) is 22.7 Å². The summed E-state index contributed by atoms with van der Waals surface area (Å²) in [5.74, 6) is 1.03. The van der Waals surface area contributed by atoms with E-state index >= 15 is 0 Å². The second-order valence-electron chi connectivity index (χ2n) is 8.08. The van der Waals surface area contributed by atoms with Crippen LogP contribution in [0.5, 0.6) is 11.5 Å². The first-order chi connectivity index (χ1) is 16.4. The number of hydrogen-bond donors (Lipinski definition) is 3. The van der Waals surface area contributed by atoms with Crippen LogP contribution in [0.1, 0.15) is 27.0 Å². The predicted octanol–water partition coefficient (Wildman–Crippen LogP) is 5.85. The van der Waals surface area contributed by atoms with E-state index in [9.17, 15) is 9.59 Å². The van der Waals surface area contributed by atoms with E-state index < -0.39 is 6.03 Å². The van der Waals surface area contributed by atoms with E-state index in [2.05, 4.69) is 20.9 Å². The Labute approximate surface area is 199 Å². The molecule has 0 bridgehead atoms. The molecule has 34 heavy (non-hydrogen) atoms. The molecule has 0 unspecified atom stereocenters. The van der Waals surface area contributed by atoms with Gasteiger partial charge in [0.2, 0.25) is 6.79 Å². The molecule has 0 spiro atoms. The van der Waals surface area contributed by atoms with Gasteiger partial charge in [0, 0.05) is 23.0 Å². The number of benzene rings is 3. The summed E-state index contributed by atoms with van der Waals surface area (Å²) in [6.07, 6.45) is 0. The highest BCUT2D eigenvalue weighted by Gasteiger charge is 2.16. The number of thiazole rings is 1. The maximum Gasteiger partial charge on any atom is 0.325 e. The molecule has 3 N–H and O–H groups in total. The largest absolute Gasteiger partial charge is 0.454 e. The lowest BCUT2D eigenvalue weighted by Gasteiger charge is -2.12. The first-order valence-electron chi connectivity index (χ1n) is 10.6. The number of rotatable bonds is 4. The van der Waals surface area contributed by atoms with Gasteiger partial charge in [-0.3, -0.25) is 10.1 Å². The molecule has 0 fully saturated rings. The monoisotopic (exact) mass is 474 g/mol. The van der Waals surface area contributed by atoms with E-state index in [1.54, 1.807) is 36.4 Å². The Balaban J connectivity index is 1.29. The molecule has 0 atom stereocenters. The molecule has 9 heteroatoms. The number of ether oxygens (including phenoxy) is 2. The van der Waals surface area contributed by atoms with Crippen LogP contribution in [0, 0.1) is 20.8 Å². The van der Waals surface area contributed by atoms with E-state index in [-0.39, 0.29) is 12.7 Å². The van der Waals surface area contributed by atoms with Gasteiger partial charge in [0.1, 0.15) is 0 Å². The van der Waals surface area contributed by atoms with Crippen molar-refractivity contribution in [1.29, 1.82) is 0 Å². The van der Waals surface area contributed by atoms with Gasteiger partial charge in [-0.15, -0.1) is 0 Å². The SMILES string of the molecule is Cc1cc(C)c(NC(=O)c2ccc3nc(NC(=O)Nc4ccc5c(c4)OCO5)sc3c2)c(C)c1. The third-order valence-electron chi connectivity index (χ3n) is 5.42. The molecule has 5 rings (SSSR count). The number of anilines is 3. The van der Waals surface area contributed by atoms with Gasteiger partial charge < -0.3 is 20.1 Å². The molecule has 0 radical (unpaired) electrons. The smallest absolute Gasteiger partial charge is 0.325 e. The topological polar surface area (TPSA) is 102 Å². The van der Waals surface area contributed by atoms with E-state index in [0.717, 1.165) is 27.1 Å². The molecule has 3 aromatic carbocycles. The standard InChI is InChI=1S/C25H22N4O4S/c1-13-8-14(2)22(15(3)9-13)28-23(30)16-4-6-18-21(10-16)34-25(27-18)29-24(31)26-17-5-7-19-20(11-17)33-12-32-19/h4-11H,12H2,1-3H3,(H,28,30)(H2,26,27,29,31). The molecule has 172 valence electrons. The Bertz CT molecular complexity index is 1420. The van der Waals surface area contributed by atoms with Crippen molar-refractivity contribution in [1.82, 2.24) is 4.98 Å². The number of carbonyl (C=O) groups excluding carboxylic acids is 2. The van der Waals surface area contributed by atoms with Crippen molar-refractivity contribution in [3.05, 3.63) is 70.8 Å². The van der Waals surface area contributed by atoms with Gasteiger partial charge in [-0.1, -0.05) is 29.0 Å². The van der Waals surface area contributed by atoms with Crippen LogP contribution in [-0.2, 0) is 0 Å². The van der Waals surface area contributed by atoms with Gasteiger partial charge >= 0.3 is 6.03 Å². The van der Waals surface area contributed by atoms with Crippen LogP contribution in [0.4, 0.5) is 21.3 Å². The Morgan fingerprint density at radius 3 is 2.44 bits per heavy atom. The molecule has 0 aliphatic carbocycles. The van der Waals surface area contributed by atoms with Gasteiger partial charge in [0.25, 0.3) is 5.91 Å². The van der Waals surface area contributed by atoms with Crippen LogP contribution in [0.15, 0.2) is 48.5 Å². The fourth-order valence-electron chi connectivity index (χ4n) is 3.92. The number of hydrogen-bond acceptors (Lipinski definition) is 6. The second kappa shape index (κ2) is 8.68. The summed E-state index contributed by atoms with van der Waals surface area (Å²) in [6.45, 7) is 6.16. The highest BCUT2D eigenvalue weighted by molar-refractivity contribution is 7.22. The lowest BCUT2D eigenvalue weighted by Crippen LogP contribution is -2.19. The number of nitrogens with zero attached hydrogens (tertiary/aromatic N) is 1. The molecule has 3 amide bonds. The summed E-state index contributed by atoms with van der Waals surface area (Å²) < 4.78 is 11.4. The van der Waals surface area contributed by atoms with E-state index in [1.165, 1.54) is 11.3 Å². The van der Waals surface area contributed by atoms with Crippen molar-refractivity contribution in [2.24, 2.45) is 0 Å². The van der Waals surface area contributed by atoms with E-state index in [0.29, 0.717) is 33.4 Å². The van der Waals surface area contributed by atoms with Crippen molar-refractivity contribution < 1.29 is 19.1 Å². The Hall–Kier alpha value is -4.11. The first kappa shape index (κ1) is 21.7.